The van der Waals surface area contributed by atoms with Crippen molar-refractivity contribution in [3.63, 3.8) is 0 Å². The second-order valence-electron chi connectivity index (χ2n) is 4.20. The highest BCUT2D eigenvalue weighted by Crippen LogP contribution is 2.16. The zero-order chi connectivity index (χ0) is 13.9. The minimum atomic E-state index is -4.09. The lowest BCUT2D eigenvalue weighted by atomic mass is 10.1. The van der Waals surface area contributed by atoms with Crippen LogP contribution >= 0.6 is 0 Å². The van der Waals surface area contributed by atoms with Crippen LogP contribution in [0.5, 0.6) is 0 Å². The van der Waals surface area contributed by atoms with Gasteiger partial charge in [0.1, 0.15) is 16.5 Å². The number of hydrogen-bond donors (Lipinski definition) is 2. The summed E-state index contributed by atoms with van der Waals surface area (Å²) < 4.78 is 52.4. The van der Waals surface area contributed by atoms with E-state index in [0.29, 0.717) is 6.07 Å². The maximum absolute atomic E-state index is 13.4. The third kappa shape index (κ3) is 3.47. The van der Waals surface area contributed by atoms with E-state index in [1.807, 2.05) is 0 Å². The fourth-order valence-electron chi connectivity index (χ4n) is 1.31. The summed E-state index contributed by atoms with van der Waals surface area (Å²) in [5.41, 5.74) is 5.42. The largest absolute Gasteiger partial charge is 0.330 e. The molecule has 0 saturated heterocycles. The summed E-state index contributed by atoms with van der Waals surface area (Å²) in [6.07, 6.45) is 0. The lowest BCUT2D eigenvalue weighted by Crippen LogP contribution is -2.40. The predicted octanol–water partition coefficient (Wildman–Crippen LogP) is 1.23. The Hall–Kier alpha value is -1.05. The summed E-state index contributed by atoms with van der Waals surface area (Å²) in [6, 6.07) is 1.82. The molecule has 0 aliphatic carbocycles. The fourth-order valence-corrected chi connectivity index (χ4v) is 2.75. The molecule has 0 radical (unpaired) electrons. The molecule has 18 heavy (non-hydrogen) atoms. The summed E-state index contributed by atoms with van der Waals surface area (Å²) >= 11 is 0. The van der Waals surface area contributed by atoms with Gasteiger partial charge in [-0.25, -0.2) is 21.9 Å². The summed E-state index contributed by atoms with van der Waals surface area (Å²) in [5.74, 6) is -1.91. The van der Waals surface area contributed by atoms with Gasteiger partial charge in [-0.3, -0.25) is 0 Å². The topological polar surface area (TPSA) is 72.2 Å². The molecule has 1 rings (SSSR count). The fraction of sp³-hybridized carbons (Fsp3) is 0.455. The number of benzene rings is 1. The van der Waals surface area contributed by atoms with E-state index in [1.165, 1.54) is 0 Å². The predicted molar refractivity (Wildman–Crippen MR) is 64.4 cm³/mol. The normalized spacial score (nSPS) is 15.4. The molecule has 0 aromatic heterocycles. The van der Waals surface area contributed by atoms with E-state index in [2.05, 4.69) is 4.72 Å². The highest BCUT2D eigenvalue weighted by molar-refractivity contribution is 7.89. The van der Waals surface area contributed by atoms with Crippen LogP contribution in [0, 0.1) is 17.6 Å². The van der Waals surface area contributed by atoms with Crippen LogP contribution < -0.4 is 10.5 Å². The number of halogens is 2. The quantitative estimate of drug-likeness (QED) is 0.851. The number of rotatable bonds is 5. The highest BCUT2D eigenvalue weighted by Gasteiger charge is 2.24. The molecule has 4 nitrogen and oxygen atoms in total. The zero-order valence-corrected chi connectivity index (χ0v) is 11.0. The average molecular weight is 278 g/mol. The molecule has 0 bridgehead atoms. The molecule has 2 atom stereocenters. The van der Waals surface area contributed by atoms with Crippen LogP contribution in [0.1, 0.15) is 13.8 Å². The van der Waals surface area contributed by atoms with Crippen molar-refractivity contribution in [2.45, 2.75) is 24.8 Å². The Morgan fingerprint density at radius 3 is 2.50 bits per heavy atom. The summed E-state index contributed by atoms with van der Waals surface area (Å²) in [7, 11) is -4.09. The van der Waals surface area contributed by atoms with E-state index in [1.54, 1.807) is 13.8 Å². The maximum atomic E-state index is 13.4. The van der Waals surface area contributed by atoms with Crippen LogP contribution in [0.3, 0.4) is 0 Å². The average Bonchev–Trinajstić information content (AvgIpc) is 2.30. The third-order valence-electron chi connectivity index (χ3n) is 2.75. The molecular weight excluding hydrogens is 262 g/mol. The molecule has 7 heteroatoms. The number of nitrogens with one attached hydrogen (secondary N) is 1. The minimum absolute atomic E-state index is 0.114. The number of sulfonamides is 1. The Bertz CT molecular complexity index is 520. The van der Waals surface area contributed by atoms with E-state index in [0.717, 1.165) is 12.1 Å². The van der Waals surface area contributed by atoms with Crippen molar-refractivity contribution >= 4 is 10.0 Å². The van der Waals surface area contributed by atoms with E-state index in [9.17, 15) is 17.2 Å². The first kappa shape index (κ1) is 15.0. The summed E-state index contributed by atoms with van der Waals surface area (Å²) in [4.78, 5) is -0.696. The number of nitrogens with two attached hydrogens (primary N) is 1. The Morgan fingerprint density at radius 1 is 1.33 bits per heavy atom. The Morgan fingerprint density at radius 2 is 1.94 bits per heavy atom. The van der Waals surface area contributed by atoms with Gasteiger partial charge < -0.3 is 5.73 Å². The van der Waals surface area contributed by atoms with Crippen molar-refractivity contribution in [1.82, 2.24) is 4.72 Å². The van der Waals surface area contributed by atoms with Crippen molar-refractivity contribution in [3.8, 4) is 0 Å². The van der Waals surface area contributed by atoms with Gasteiger partial charge in [-0.05, 0) is 37.6 Å². The van der Waals surface area contributed by atoms with Gasteiger partial charge in [0.05, 0.1) is 0 Å². The molecule has 1 aromatic carbocycles. The molecule has 0 aliphatic rings. The molecule has 2 unspecified atom stereocenters. The van der Waals surface area contributed by atoms with Gasteiger partial charge in [-0.15, -0.1) is 0 Å². The SMILES string of the molecule is CC(CN)C(C)NS(=O)(=O)c1cc(F)ccc1F. The van der Waals surface area contributed by atoms with Crippen LogP contribution in [0.25, 0.3) is 0 Å². The van der Waals surface area contributed by atoms with Gasteiger partial charge in [0.15, 0.2) is 0 Å². The summed E-state index contributed by atoms with van der Waals surface area (Å²) in [6.45, 7) is 3.66. The summed E-state index contributed by atoms with van der Waals surface area (Å²) in [5, 5.41) is 0. The van der Waals surface area contributed by atoms with Crippen molar-refractivity contribution in [2.24, 2.45) is 11.7 Å². The lowest BCUT2D eigenvalue weighted by molar-refractivity contribution is 0.451. The number of hydrogen-bond acceptors (Lipinski definition) is 3. The van der Waals surface area contributed by atoms with Gasteiger partial charge >= 0.3 is 0 Å². The third-order valence-corrected chi connectivity index (χ3v) is 4.32. The molecule has 0 amide bonds. The van der Waals surface area contributed by atoms with Gasteiger partial charge in [0.25, 0.3) is 0 Å². The first-order valence-corrected chi connectivity index (χ1v) is 6.93. The molecule has 0 fully saturated rings. The smallest absolute Gasteiger partial charge is 0.243 e. The molecule has 0 spiro atoms. The van der Waals surface area contributed by atoms with Gasteiger partial charge in [0, 0.05) is 6.04 Å². The molecule has 3 N–H and O–H groups in total. The van der Waals surface area contributed by atoms with Gasteiger partial charge in [-0.1, -0.05) is 6.92 Å². The van der Waals surface area contributed by atoms with Crippen LogP contribution in [-0.2, 0) is 10.0 Å². The molecule has 0 saturated carbocycles. The molecule has 102 valence electrons. The second-order valence-corrected chi connectivity index (χ2v) is 5.88. The van der Waals surface area contributed by atoms with Crippen molar-refractivity contribution < 1.29 is 17.2 Å². The first-order valence-electron chi connectivity index (χ1n) is 5.45. The standard InChI is InChI=1S/C11H16F2N2O2S/c1-7(6-14)8(2)15-18(16,17)11-5-9(12)3-4-10(11)13/h3-5,7-8,15H,6,14H2,1-2H3. The second kappa shape index (κ2) is 5.73. The molecule has 1 aromatic rings. The van der Waals surface area contributed by atoms with Crippen molar-refractivity contribution in [2.75, 3.05) is 6.54 Å². The van der Waals surface area contributed by atoms with Crippen molar-refractivity contribution in [3.05, 3.63) is 29.8 Å². The molecular formula is C11H16F2N2O2S. The van der Waals surface area contributed by atoms with E-state index in [-0.39, 0.29) is 12.5 Å². The van der Waals surface area contributed by atoms with Gasteiger partial charge in [-0.2, -0.15) is 0 Å². The zero-order valence-electron chi connectivity index (χ0n) is 10.2. The highest BCUT2D eigenvalue weighted by atomic mass is 32.2. The maximum Gasteiger partial charge on any atom is 0.243 e. The monoisotopic (exact) mass is 278 g/mol. The van der Waals surface area contributed by atoms with Crippen LogP contribution in [0.15, 0.2) is 23.1 Å². The Balaban J connectivity index is 3.03. The molecule has 0 heterocycles. The Labute approximate surface area is 105 Å². The van der Waals surface area contributed by atoms with Crippen molar-refractivity contribution in [1.29, 1.82) is 0 Å². The van der Waals surface area contributed by atoms with Crippen LogP contribution in [-0.4, -0.2) is 21.0 Å². The van der Waals surface area contributed by atoms with Gasteiger partial charge in [0.2, 0.25) is 10.0 Å². The first-order chi connectivity index (χ1) is 8.27. The minimum Gasteiger partial charge on any atom is -0.330 e. The molecule has 0 aliphatic heterocycles. The van der Waals surface area contributed by atoms with E-state index < -0.39 is 32.6 Å². The van der Waals surface area contributed by atoms with Crippen LogP contribution in [0.2, 0.25) is 0 Å². The Kier molecular flexibility index (Phi) is 4.78. The van der Waals surface area contributed by atoms with E-state index >= 15 is 0 Å². The van der Waals surface area contributed by atoms with Crippen LogP contribution in [0.4, 0.5) is 8.78 Å². The van der Waals surface area contributed by atoms with E-state index in [4.69, 9.17) is 5.73 Å². The lowest BCUT2D eigenvalue weighted by Gasteiger charge is -2.19.